The number of carbonyl (C=O) groups excluding carboxylic acids is 2. The SMILES string of the molecule is COc1ccc2c(c1)O[C@]1(C[C@H]3CC[C@@H]1C[C@@H]3C(=O)N1CCSCC1)NC2=O. The summed E-state index contributed by atoms with van der Waals surface area (Å²) in [6, 6.07) is 5.32. The maximum atomic E-state index is 13.1. The molecule has 150 valence electrons. The Labute approximate surface area is 169 Å². The zero-order valence-corrected chi connectivity index (χ0v) is 16.9. The van der Waals surface area contributed by atoms with Gasteiger partial charge in [0.15, 0.2) is 5.72 Å². The lowest BCUT2D eigenvalue weighted by atomic mass is 9.59. The second-order valence-corrected chi connectivity index (χ2v) is 9.55. The number of carbonyl (C=O) groups is 2. The molecular weight excluding hydrogens is 376 g/mol. The van der Waals surface area contributed by atoms with Gasteiger partial charge in [0.2, 0.25) is 5.91 Å². The van der Waals surface area contributed by atoms with Crippen LogP contribution in [0.3, 0.4) is 0 Å². The molecule has 1 aromatic rings. The van der Waals surface area contributed by atoms with E-state index in [4.69, 9.17) is 9.47 Å². The molecule has 6 nitrogen and oxygen atoms in total. The Morgan fingerprint density at radius 2 is 2.14 bits per heavy atom. The number of nitrogens with one attached hydrogen (secondary N) is 1. The van der Waals surface area contributed by atoms with Gasteiger partial charge < -0.3 is 19.7 Å². The van der Waals surface area contributed by atoms with Crippen LogP contribution in [0.1, 0.15) is 36.0 Å². The number of hydrogen-bond acceptors (Lipinski definition) is 5. The molecule has 2 heterocycles. The fraction of sp³-hybridized carbons (Fsp3) is 0.619. The van der Waals surface area contributed by atoms with E-state index < -0.39 is 5.72 Å². The number of amides is 2. The molecule has 0 radical (unpaired) electrons. The van der Waals surface area contributed by atoms with Gasteiger partial charge in [0, 0.05) is 48.9 Å². The van der Waals surface area contributed by atoms with Gasteiger partial charge in [-0.3, -0.25) is 9.59 Å². The third kappa shape index (κ3) is 2.86. The topological polar surface area (TPSA) is 67.9 Å². The predicted molar refractivity (Wildman–Crippen MR) is 107 cm³/mol. The summed E-state index contributed by atoms with van der Waals surface area (Å²) < 4.78 is 11.7. The number of benzene rings is 1. The van der Waals surface area contributed by atoms with E-state index in [2.05, 4.69) is 10.2 Å². The molecule has 3 aliphatic carbocycles. The lowest BCUT2D eigenvalue weighted by Gasteiger charge is -2.55. The molecule has 5 aliphatic rings. The van der Waals surface area contributed by atoms with E-state index in [9.17, 15) is 9.59 Å². The smallest absolute Gasteiger partial charge is 0.258 e. The number of fused-ring (bicyclic) bond motifs is 3. The minimum Gasteiger partial charge on any atom is -0.497 e. The van der Waals surface area contributed by atoms with Crippen molar-refractivity contribution in [3.8, 4) is 11.5 Å². The van der Waals surface area contributed by atoms with E-state index in [1.807, 2.05) is 11.8 Å². The molecule has 7 heteroatoms. The van der Waals surface area contributed by atoms with Crippen molar-refractivity contribution in [1.82, 2.24) is 10.2 Å². The second kappa shape index (κ2) is 6.87. The molecule has 28 heavy (non-hydrogen) atoms. The van der Waals surface area contributed by atoms with E-state index in [0.717, 1.165) is 43.9 Å². The van der Waals surface area contributed by atoms with E-state index in [1.165, 1.54) is 0 Å². The largest absolute Gasteiger partial charge is 0.497 e. The molecule has 4 fully saturated rings. The first-order valence-electron chi connectivity index (χ1n) is 10.2. The van der Waals surface area contributed by atoms with Crippen LogP contribution in [0.25, 0.3) is 0 Å². The van der Waals surface area contributed by atoms with Gasteiger partial charge in [-0.15, -0.1) is 0 Å². The average molecular weight is 403 g/mol. The fourth-order valence-corrected chi connectivity index (χ4v) is 6.34. The van der Waals surface area contributed by atoms with Crippen LogP contribution in [-0.2, 0) is 4.79 Å². The summed E-state index contributed by atoms with van der Waals surface area (Å²) in [6.07, 6.45) is 3.53. The van der Waals surface area contributed by atoms with Gasteiger partial charge in [-0.05, 0) is 37.3 Å². The van der Waals surface area contributed by atoms with Crippen molar-refractivity contribution in [2.75, 3.05) is 31.7 Å². The number of ether oxygens (including phenoxy) is 2. The minimum absolute atomic E-state index is 0.0692. The van der Waals surface area contributed by atoms with E-state index in [0.29, 0.717) is 29.4 Å². The third-order valence-corrected chi connectivity index (χ3v) is 7.85. The molecule has 0 unspecified atom stereocenters. The highest BCUT2D eigenvalue weighted by Gasteiger charge is 2.57. The molecule has 1 N–H and O–H groups in total. The molecule has 1 saturated heterocycles. The van der Waals surface area contributed by atoms with E-state index >= 15 is 0 Å². The predicted octanol–water partition coefficient (Wildman–Crippen LogP) is 2.53. The molecule has 2 aliphatic heterocycles. The Kier molecular flexibility index (Phi) is 4.45. The van der Waals surface area contributed by atoms with Gasteiger partial charge in [0.1, 0.15) is 11.5 Å². The summed E-state index contributed by atoms with van der Waals surface area (Å²) >= 11 is 1.92. The maximum absolute atomic E-state index is 13.1. The first-order chi connectivity index (χ1) is 13.6. The Morgan fingerprint density at radius 1 is 1.32 bits per heavy atom. The highest BCUT2D eigenvalue weighted by molar-refractivity contribution is 7.99. The van der Waals surface area contributed by atoms with Crippen molar-refractivity contribution < 1.29 is 19.1 Å². The monoisotopic (exact) mass is 402 g/mol. The minimum atomic E-state index is -0.687. The molecule has 4 atom stereocenters. The van der Waals surface area contributed by atoms with Gasteiger partial charge in [-0.1, -0.05) is 0 Å². The number of thioether (sulfide) groups is 1. The third-order valence-electron chi connectivity index (χ3n) is 6.91. The van der Waals surface area contributed by atoms with Crippen molar-refractivity contribution in [3.05, 3.63) is 23.8 Å². The molecular formula is C21H26N2O4S. The maximum Gasteiger partial charge on any atom is 0.258 e. The van der Waals surface area contributed by atoms with Crippen molar-refractivity contribution >= 4 is 23.6 Å². The zero-order chi connectivity index (χ0) is 19.3. The van der Waals surface area contributed by atoms with Crippen LogP contribution < -0.4 is 14.8 Å². The fourth-order valence-electron chi connectivity index (χ4n) is 5.44. The zero-order valence-electron chi connectivity index (χ0n) is 16.1. The van der Waals surface area contributed by atoms with Gasteiger partial charge in [-0.25, -0.2) is 0 Å². The molecule has 0 aromatic heterocycles. The van der Waals surface area contributed by atoms with Gasteiger partial charge in [-0.2, -0.15) is 11.8 Å². The van der Waals surface area contributed by atoms with Crippen LogP contribution in [-0.4, -0.2) is 54.1 Å². The molecule has 1 spiro atoms. The summed E-state index contributed by atoms with van der Waals surface area (Å²) in [5, 5.41) is 3.17. The quantitative estimate of drug-likeness (QED) is 0.823. The Bertz CT molecular complexity index is 810. The van der Waals surface area contributed by atoms with Crippen LogP contribution in [0, 0.1) is 17.8 Å². The number of hydrogen-bond donors (Lipinski definition) is 1. The normalized spacial score (nSPS) is 33.8. The molecule has 2 amide bonds. The Balaban J connectivity index is 1.38. The van der Waals surface area contributed by atoms with Crippen LogP contribution >= 0.6 is 11.8 Å². The molecule has 3 saturated carbocycles. The Hall–Kier alpha value is -1.89. The standard InChI is InChI=1S/C21H26N2O4S/c1-26-15-4-5-16-18(11-15)27-21(22-19(16)24)12-13-2-3-14(21)10-17(13)20(25)23-6-8-28-9-7-23/h4-5,11,13-14,17H,2-3,6-10,12H2,1H3,(H,22,24)/t13-,14-,17+,21+/m1/s1. The van der Waals surface area contributed by atoms with Crippen molar-refractivity contribution in [1.29, 1.82) is 0 Å². The van der Waals surface area contributed by atoms with Gasteiger partial charge in [0.05, 0.1) is 12.7 Å². The van der Waals surface area contributed by atoms with E-state index in [-0.39, 0.29) is 23.7 Å². The van der Waals surface area contributed by atoms with Crippen LogP contribution in [0.5, 0.6) is 11.5 Å². The summed E-state index contributed by atoms with van der Waals surface area (Å²) in [7, 11) is 1.61. The first-order valence-corrected chi connectivity index (χ1v) is 11.3. The number of rotatable bonds is 2. The molecule has 1 aromatic carbocycles. The lowest BCUT2D eigenvalue weighted by Crippen LogP contribution is -2.67. The van der Waals surface area contributed by atoms with E-state index in [1.54, 1.807) is 25.3 Å². The summed E-state index contributed by atoms with van der Waals surface area (Å²) in [5.74, 6) is 4.06. The van der Waals surface area contributed by atoms with Crippen molar-refractivity contribution in [2.24, 2.45) is 17.8 Å². The summed E-state index contributed by atoms with van der Waals surface area (Å²) in [6.45, 7) is 1.73. The Morgan fingerprint density at radius 3 is 2.86 bits per heavy atom. The molecule has 6 rings (SSSR count). The first kappa shape index (κ1) is 18.2. The van der Waals surface area contributed by atoms with Crippen molar-refractivity contribution in [2.45, 2.75) is 31.4 Å². The van der Waals surface area contributed by atoms with Crippen molar-refractivity contribution in [3.63, 3.8) is 0 Å². The highest BCUT2D eigenvalue weighted by Crippen LogP contribution is 2.53. The summed E-state index contributed by atoms with van der Waals surface area (Å²) in [4.78, 5) is 28.0. The number of nitrogens with zero attached hydrogens (tertiary/aromatic N) is 1. The lowest BCUT2D eigenvalue weighted by molar-refractivity contribution is -0.155. The van der Waals surface area contributed by atoms with Crippen LogP contribution in [0.15, 0.2) is 18.2 Å². The van der Waals surface area contributed by atoms with Crippen LogP contribution in [0.2, 0.25) is 0 Å². The van der Waals surface area contributed by atoms with Crippen LogP contribution in [0.4, 0.5) is 0 Å². The van der Waals surface area contributed by atoms with Gasteiger partial charge in [0.25, 0.3) is 5.91 Å². The second-order valence-electron chi connectivity index (χ2n) is 8.33. The number of methoxy groups -OCH3 is 1. The average Bonchev–Trinajstić information content (AvgIpc) is 2.73. The molecule has 2 bridgehead atoms. The highest BCUT2D eigenvalue weighted by atomic mass is 32.2. The summed E-state index contributed by atoms with van der Waals surface area (Å²) in [5.41, 5.74) is -0.139. The van der Waals surface area contributed by atoms with Gasteiger partial charge >= 0.3 is 0 Å².